The molecule has 0 spiro atoms. The summed E-state index contributed by atoms with van der Waals surface area (Å²) in [6, 6.07) is 15.8. The van der Waals surface area contributed by atoms with Gasteiger partial charge in [0.05, 0.1) is 13.2 Å². The van der Waals surface area contributed by atoms with Crippen LogP contribution in [0.5, 0.6) is 0 Å². The van der Waals surface area contributed by atoms with Crippen molar-refractivity contribution in [3.8, 4) is 0 Å². The van der Waals surface area contributed by atoms with Crippen LogP contribution in [0.2, 0.25) is 0 Å². The highest BCUT2D eigenvalue weighted by atomic mass is 16.7. The number of aromatic nitrogens is 1. The second-order valence-corrected chi connectivity index (χ2v) is 9.34. The standard InChI is InChI=1S/C28H34N2O8/c31-12-11-30(15-20-13-29-23-4-2-1-3-22(20)23)14-19-7-5-18(6-8-19)9-10-21(33)17-37-28-27(36)26(35)25(34)24(16-32)38-28/h1-10,13,24-29,31-32,34-36H,11-12,14-17H2/b10-9+/t24-,25+,26+,27-,28-/m1/s1. The van der Waals surface area contributed by atoms with Crippen molar-refractivity contribution >= 4 is 22.8 Å². The highest BCUT2D eigenvalue weighted by Crippen LogP contribution is 2.22. The largest absolute Gasteiger partial charge is 0.395 e. The molecule has 6 N–H and O–H groups in total. The molecule has 204 valence electrons. The number of aliphatic hydroxyl groups excluding tert-OH is 5. The first kappa shape index (κ1) is 28.1. The molecule has 0 amide bonds. The zero-order chi connectivity index (χ0) is 27.1. The summed E-state index contributed by atoms with van der Waals surface area (Å²) in [5.41, 5.74) is 4.11. The summed E-state index contributed by atoms with van der Waals surface area (Å²) in [7, 11) is 0. The van der Waals surface area contributed by atoms with Crippen LogP contribution in [-0.4, -0.2) is 98.3 Å². The number of H-pyrrole nitrogens is 1. The molecule has 1 fully saturated rings. The van der Waals surface area contributed by atoms with Crippen molar-refractivity contribution in [3.63, 3.8) is 0 Å². The topological polar surface area (TPSA) is 156 Å². The molecule has 10 nitrogen and oxygen atoms in total. The molecular formula is C28H34N2O8. The van der Waals surface area contributed by atoms with Crippen molar-refractivity contribution in [2.24, 2.45) is 0 Å². The molecule has 5 atom stereocenters. The van der Waals surface area contributed by atoms with Gasteiger partial charge in [-0.1, -0.05) is 48.5 Å². The van der Waals surface area contributed by atoms with Gasteiger partial charge in [0, 0.05) is 36.7 Å². The molecular weight excluding hydrogens is 492 g/mol. The van der Waals surface area contributed by atoms with Crippen LogP contribution in [0.1, 0.15) is 16.7 Å². The Morgan fingerprint density at radius 2 is 1.76 bits per heavy atom. The van der Waals surface area contributed by atoms with E-state index in [4.69, 9.17) is 9.47 Å². The van der Waals surface area contributed by atoms with E-state index >= 15 is 0 Å². The Morgan fingerprint density at radius 3 is 2.50 bits per heavy atom. The first-order valence-corrected chi connectivity index (χ1v) is 12.5. The minimum Gasteiger partial charge on any atom is -0.395 e. The molecule has 1 aliphatic heterocycles. The van der Waals surface area contributed by atoms with E-state index in [2.05, 4.69) is 16.0 Å². The Kier molecular flexibility index (Phi) is 9.78. The second-order valence-electron chi connectivity index (χ2n) is 9.34. The van der Waals surface area contributed by atoms with E-state index in [1.165, 1.54) is 6.08 Å². The van der Waals surface area contributed by atoms with Gasteiger partial charge in [-0.15, -0.1) is 0 Å². The van der Waals surface area contributed by atoms with E-state index < -0.39 is 43.9 Å². The van der Waals surface area contributed by atoms with Gasteiger partial charge in [0.25, 0.3) is 0 Å². The Balaban J connectivity index is 1.29. The minimum atomic E-state index is -1.56. The van der Waals surface area contributed by atoms with Gasteiger partial charge in [0.1, 0.15) is 31.0 Å². The smallest absolute Gasteiger partial charge is 0.187 e. The summed E-state index contributed by atoms with van der Waals surface area (Å²) in [6.07, 6.45) is -2.08. The fraction of sp³-hybridized carbons (Fsp3) is 0.393. The lowest BCUT2D eigenvalue weighted by Gasteiger charge is -2.39. The van der Waals surface area contributed by atoms with E-state index in [1.807, 2.05) is 48.7 Å². The Morgan fingerprint density at radius 1 is 1.00 bits per heavy atom. The maximum atomic E-state index is 12.2. The van der Waals surface area contributed by atoms with Gasteiger partial charge < -0.3 is 40.0 Å². The number of nitrogens with zero attached hydrogens (tertiary/aromatic N) is 1. The van der Waals surface area contributed by atoms with E-state index in [0.717, 1.165) is 27.6 Å². The molecule has 0 aliphatic carbocycles. The quantitative estimate of drug-likeness (QED) is 0.186. The zero-order valence-corrected chi connectivity index (χ0v) is 20.9. The Labute approximate surface area is 220 Å². The van der Waals surface area contributed by atoms with E-state index in [9.17, 15) is 30.3 Å². The number of hydrogen-bond donors (Lipinski definition) is 6. The molecule has 0 unspecified atom stereocenters. The molecule has 38 heavy (non-hydrogen) atoms. The fourth-order valence-electron chi connectivity index (χ4n) is 4.46. The predicted molar refractivity (Wildman–Crippen MR) is 140 cm³/mol. The number of rotatable bonds is 12. The molecule has 4 rings (SSSR count). The number of aliphatic hydroxyl groups is 5. The second kappa shape index (κ2) is 13.2. The van der Waals surface area contributed by atoms with Gasteiger partial charge in [0.15, 0.2) is 12.1 Å². The number of aromatic amines is 1. The lowest BCUT2D eigenvalue weighted by atomic mass is 9.99. The molecule has 2 heterocycles. The normalized spacial score (nSPS) is 24.0. The van der Waals surface area contributed by atoms with Gasteiger partial charge >= 0.3 is 0 Å². The van der Waals surface area contributed by atoms with Crippen LogP contribution < -0.4 is 0 Å². The molecule has 0 bridgehead atoms. The third-order valence-electron chi connectivity index (χ3n) is 6.57. The molecule has 10 heteroatoms. The Hall–Kier alpha value is -2.93. The van der Waals surface area contributed by atoms with E-state index in [-0.39, 0.29) is 12.4 Å². The zero-order valence-electron chi connectivity index (χ0n) is 20.9. The van der Waals surface area contributed by atoms with Crippen LogP contribution in [0, 0.1) is 0 Å². The number of carbonyl (C=O) groups is 1. The number of carbonyl (C=O) groups excluding carboxylic acids is 1. The van der Waals surface area contributed by atoms with Gasteiger partial charge in [-0.25, -0.2) is 0 Å². The van der Waals surface area contributed by atoms with Crippen molar-refractivity contribution in [2.45, 2.75) is 43.8 Å². The van der Waals surface area contributed by atoms with Crippen LogP contribution in [0.4, 0.5) is 0 Å². The predicted octanol–water partition coefficient (Wildman–Crippen LogP) is 0.561. The maximum Gasteiger partial charge on any atom is 0.187 e. The van der Waals surface area contributed by atoms with Crippen LogP contribution in [-0.2, 0) is 27.4 Å². The van der Waals surface area contributed by atoms with Crippen LogP contribution >= 0.6 is 0 Å². The summed E-state index contributed by atoms with van der Waals surface area (Å²) in [4.78, 5) is 17.7. The molecule has 1 aliphatic rings. The van der Waals surface area contributed by atoms with Gasteiger partial charge in [0.2, 0.25) is 0 Å². The molecule has 1 saturated heterocycles. The number of fused-ring (bicyclic) bond motifs is 1. The summed E-state index contributed by atoms with van der Waals surface area (Å²) in [5, 5.41) is 49.6. The Bertz CT molecular complexity index is 1210. The highest BCUT2D eigenvalue weighted by Gasteiger charge is 2.44. The lowest BCUT2D eigenvalue weighted by Crippen LogP contribution is -2.59. The van der Waals surface area contributed by atoms with Crippen molar-refractivity contribution in [2.75, 3.05) is 26.4 Å². The molecule has 2 aromatic carbocycles. The third kappa shape index (κ3) is 6.93. The minimum absolute atomic E-state index is 0.0521. The van der Waals surface area contributed by atoms with Crippen molar-refractivity contribution in [3.05, 3.63) is 77.5 Å². The third-order valence-corrected chi connectivity index (χ3v) is 6.57. The van der Waals surface area contributed by atoms with E-state index in [1.54, 1.807) is 6.08 Å². The van der Waals surface area contributed by atoms with Crippen molar-refractivity contribution in [1.29, 1.82) is 0 Å². The van der Waals surface area contributed by atoms with Gasteiger partial charge in [-0.05, 0) is 28.8 Å². The first-order chi connectivity index (χ1) is 18.4. The number of ether oxygens (including phenoxy) is 2. The molecule has 0 saturated carbocycles. The summed E-state index contributed by atoms with van der Waals surface area (Å²) >= 11 is 0. The molecule has 3 aromatic rings. The monoisotopic (exact) mass is 526 g/mol. The number of nitrogens with one attached hydrogen (secondary N) is 1. The summed E-state index contributed by atoms with van der Waals surface area (Å²) in [6.45, 7) is 0.933. The average molecular weight is 527 g/mol. The number of benzene rings is 2. The lowest BCUT2D eigenvalue weighted by molar-refractivity contribution is -0.298. The van der Waals surface area contributed by atoms with Gasteiger partial charge in [-0.3, -0.25) is 9.69 Å². The molecule has 0 radical (unpaired) electrons. The number of para-hydroxylation sites is 1. The average Bonchev–Trinajstić information content (AvgIpc) is 3.34. The number of ketones is 1. The van der Waals surface area contributed by atoms with Crippen LogP contribution in [0.25, 0.3) is 17.0 Å². The first-order valence-electron chi connectivity index (χ1n) is 12.5. The molecule has 1 aromatic heterocycles. The van der Waals surface area contributed by atoms with E-state index in [0.29, 0.717) is 19.6 Å². The van der Waals surface area contributed by atoms with Gasteiger partial charge in [-0.2, -0.15) is 0 Å². The van der Waals surface area contributed by atoms with Crippen LogP contribution in [0.3, 0.4) is 0 Å². The van der Waals surface area contributed by atoms with Crippen molar-refractivity contribution < 1.29 is 39.8 Å². The fourth-order valence-corrected chi connectivity index (χ4v) is 4.46. The maximum absolute atomic E-state index is 12.2. The highest BCUT2D eigenvalue weighted by molar-refractivity contribution is 5.94. The SMILES string of the molecule is O=C(/C=C/c1ccc(CN(CCO)Cc2c[nH]c3ccccc23)cc1)CO[C@@H]1O[C@H](CO)[C@H](O)[C@H](O)[C@H]1O. The number of hydrogen-bond acceptors (Lipinski definition) is 9. The summed E-state index contributed by atoms with van der Waals surface area (Å²) < 4.78 is 10.5. The summed E-state index contributed by atoms with van der Waals surface area (Å²) in [5.74, 6) is -0.390. The van der Waals surface area contributed by atoms with Crippen molar-refractivity contribution in [1.82, 2.24) is 9.88 Å². The van der Waals surface area contributed by atoms with Crippen LogP contribution in [0.15, 0.2) is 60.8 Å².